The van der Waals surface area contributed by atoms with Gasteiger partial charge in [0.2, 0.25) is 0 Å². The van der Waals surface area contributed by atoms with E-state index in [0.717, 1.165) is 12.5 Å². The lowest BCUT2D eigenvalue weighted by Gasteiger charge is -2.30. The summed E-state index contributed by atoms with van der Waals surface area (Å²) in [4.78, 5) is 0. The Hall–Kier alpha value is -0.860. The number of hydrogen-bond donors (Lipinski definition) is 1. The molecular weight excluding hydrogens is 246 g/mol. The van der Waals surface area contributed by atoms with Gasteiger partial charge in [-0.25, -0.2) is 0 Å². The predicted molar refractivity (Wildman–Crippen MR) is 85.0 cm³/mol. The zero-order chi connectivity index (χ0) is 14.5. The summed E-state index contributed by atoms with van der Waals surface area (Å²) < 4.78 is 5.79. The Morgan fingerprint density at radius 2 is 1.95 bits per heavy atom. The Morgan fingerprint density at radius 1 is 1.25 bits per heavy atom. The van der Waals surface area contributed by atoms with Crippen LogP contribution < -0.4 is 5.32 Å². The van der Waals surface area contributed by atoms with Crippen molar-refractivity contribution in [1.29, 1.82) is 0 Å². The molecule has 0 saturated heterocycles. The van der Waals surface area contributed by atoms with E-state index in [-0.39, 0.29) is 0 Å². The van der Waals surface area contributed by atoms with Crippen molar-refractivity contribution in [3.8, 4) is 0 Å². The predicted octanol–water partition coefficient (Wildman–Crippen LogP) is 3.83. The number of nitrogens with one attached hydrogen (secondary N) is 1. The van der Waals surface area contributed by atoms with Gasteiger partial charge in [-0.2, -0.15) is 0 Å². The second kappa shape index (κ2) is 7.24. The maximum Gasteiger partial charge on any atom is 0.0749 e. The lowest BCUT2D eigenvalue weighted by molar-refractivity contribution is 0.0261. The highest BCUT2D eigenvalue weighted by atomic mass is 16.5. The molecule has 112 valence electrons. The summed E-state index contributed by atoms with van der Waals surface area (Å²) in [5, 5.41) is 3.74. The van der Waals surface area contributed by atoms with Crippen LogP contribution in [0, 0.1) is 11.8 Å². The maximum absolute atomic E-state index is 5.79. The van der Waals surface area contributed by atoms with Crippen molar-refractivity contribution in [2.45, 2.75) is 51.7 Å². The quantitative estimate of drug-likeness (QED) is 0.778. The molecular formula is C18H29NO. The van der Waals surface area contributed by atoms with Crippen LogP contribution in [0.5, 0.6) is 0 Å². The molecule has 1 aliphatic rings. The molecule has 0 aliphatic heterocycles. The van der Waals surface area contributed by atoms with Crippen molar-refractivity contribution < 1.29 is 4.74 Å². The zero-order valence-electron chi connectivity index (χ0n) is 13.3. The van der Waals surface area contributed by atoms with Gasteiger partial charge in [0.15, 0.2) is 0 Å². The van der Waals surface area contributed by atoms with E-state index in [1.165, 1.54) is 18.4 Å². The van der Waals surface area contributed by atoms with Gasteiger partial charge in [-0.3, -0.25) is 0 Å². The molecule has 0 bridgehead atoms. The first-order valence-electron chi connectivity index (χ1n) is 8.00. The van der Waals surface area contributed by atoms with Crippen molar-refractivity contribution in [2.24, 2.45) is 11.8 Å². The minimum Gasteiger partial charge on any atom is -0.380 e. The van der Waals surface area contributed by atoms with Gasteiger partial charge in [-0.1, -0.05) is 51.1 Å². The van der Waals surface area contributed by atoms with Crippen molar-refractivity contribution in [2.75, 3.05) is 13.7 Å². The van der Waals surface area contributed by atoms with Crippen LogP contribution in [0.3, 0.4) is 0 Å². The molecule has 0 heterocycles. The summed E-state index contributed by atoms with van der Waals surface area (Å²) in [6.07, 6.45) is 2.77. The fourth-order valence-corrected chi connectivity index (χ4v) is 3.35. The first kappa shape index (κ1) is 15.5. The summed E-state index contributed by atoms with van der Waals surface area (Å²) in [6, 6.07) is 11.4. The van der Waals surface area contributed by atoms with E-state index >= 15 is 0 Å². The van der Waals surface area contributed by atoms with Crippen LogP contribution >= 0.6 is 0 Å². The topological polar surface area (TPSA) is 21.3 Å². The molecule has 1 aliphatic carbocycles. The van der Waals surface area contributed by atoms with Crippen molar-refractivity contribution in [1.82, 2.24) is 5.32 Å². The Labute approximate surface area is 123 Å². The summed E-state index contributed by atoms with van der Waals surface area (Å²) >= 11 is 0. The lowest BCUT2D eigenvalue weighted by Crippen LogP contribution is -2.46. The molecule has 4 unspecified atom stereocenters. The third-order valence-electron chi connectivity index (χ3n) is 4.44. The number of benzene rings is 1. The molecule has 1 aromatic rings. The maximum atomic E-state index is 5.79. The Balaban J connectivity index is 2.05. The highest BCUT2D eigenvalue weighted by Gasteiger charge is 2.46. The van der Waals surface area contributed by atoms with E-state index in [1.807, 2.05) is 7.11 Å². The van der Waals surface area contributed by atoms with Gasteiger partial charge in [0.25, 0.3) is 0 Å². The van der Waals surface area contributed by atoms with Gasteiger partial charge in [0, 0.05) is 13.2 Å². The van der Waals surface area contributed by atoms with E-state index in [2.05, 4.69) is 56.4 Å². The van der Waals surface area contributed by atoms with Crippen LogP contribution in [-0.2, 0) is 4.74 Å². The van der Waals surface area contributed by atoms with Gasteiger partial charge < -0.3 is 10.1 Å². The van der Waals surface area contributed by atoms with Crippen LogP contribution in [0.25, 0.3) is 0 Å². The molecule has 1 aromatic carbocycles. The van der Waals surface area contributed by atoms with Crippen molar-refractivity contribution >= 4 is 0 Å². The molecule has 2 nitrogen and oxygen atoms in total. The van der Waals surface area contributed by atoms with Crippen LogP contribution in [0.1, 0.15) is 45.1 Å². The summed E-state index contributed by atoms with van der Waals surface area (Å²) in [6.45, 7) is 7.82. The smallest absolute Gasteiger partial charge is 0.0749 e. The van der Waals surface area contributed by atoms with Crippen molar-refractivity contribution in [3.05, 3.63) is 35.9 Å². The van der Waals surface area contributed by atoms with E-state index in [4.69, 9.17) is 4.74 Å². The van der Waals surface area contributed by atoms with Crippen LogP contribution in [0.4, 0.5) is 0 Å². The van der Waals surface area contributed by atoms with E-state index in [0.29, 0.717) is 24.0 Å². The largest absolute Gasteiger partial charge is 0.380 e. The molecule has 2 heteroatoms. The van der Waals surface area contributed by atoms with Crippen LogP contribution in [-0.4, -0.2) is 25.8 Å². The average molecular weight is 275 g/mol. The third kappa shape index (κ3) is 3.62. The second-order valence-electron chi connectivity index (χ2n) is 6.34. The first-order chi connectivity index (χ1) is 9.69. The number of methoxy groups -OCH3 is 1. The number of ether oxygens (including phenoxy) is 1. The zero-order valence-corrected chi connectivity index (χ0v) is 13.3. The van der Waals surface area contributed by atoms with E-state index in [9.17, 15) is 0 Å². The second-order valence-corrected chi connectivity index (χ2v) is 6.34. The van der Waals surface area contributed by atoms with Gasteiger partial charge in [0.05, 0.1) is 6.10 Å². The molecule has 1 fully saturated rings. The summed E-state index contributed by atoms with van der Waals surface area (Å²) in [5.74, 6) is 1.98. The van der Waals surface area contributed by atoms with E-state index in [1.54, 1.807) is 0 Å². The highest BCUT2D eigenvalue weighted by Crippen LogP contribution is 2.50. The minimum atomic E-state index is 0.306. The highest BCUT2D eigenvalue weighted by molar-refractivity contribution is 5.27. The minimum absolute atomic E-state index is 0.306. The normalized spacial score (nSPS) is 24.6. The molecule has 0 spiro atoms. The molecule has 20 heavy (non-hydrogen) atoms. The molecule has 0 aromatic heterocycles. The fraction of sp³-hybridized carbons (Fsp3) is 0.667. The molecule has 1 N–H and O–H groups in total. The van der Waals surface area contributed by atoms with Crippen LogP contribution in [0.15, 0.2) is 30.3 Å². The SMILES string of the molecule is CCCNC(C1CC1c1ccccc1)C(OC)C(C)C. The molecule has 4 atom stereocenters. The van der Waals surface area contributed by atoms with Gasteiger partial charge in [-0.15, -0.1) is 0 Å². The number of rotatable bonds is 8. The van der Waals surface area contributed by atoms with Gasteiger partial charge in [-0.05, 0) is 42.7 Å². The van der Waals surface area contributed by atoms with Gasteiger partial charge in [0.1, 0.15) is 0 Å². The van der Waals surface area contributed by atoms with Crippen LogP contribution in [0.2, 0.25) is 0 Å². The average Bonchev–Trinajstić information content (AvgIpc) is 3.24. The third-order valence-corrected chi connectivity index (χ3v) is 4.44. The molecule has 2 rings (SSSR count). The lowest BCUT2D eigenvalue weighted by atomic mass is 9.93. The van der Waals surface area contributed by atoms with Crippen molar-refractivity contribution in [3.63, 3.8) is 0 Å². The summed E-state index contributed by atoms with van der Waals surface area (Å²) in [5.41, 5.74) is 1.49. The molecule has 1 saturated carbocycles. The fourth-order valence-electron chi connectivity index (χ4n) is 3.35. The Bertz CT molecular complexity index is 390. The monoisotopic (exact) mass is 275 g/mol. The Kier molecular flexibility index (Phi) is 5.62. The first-order valence-corrected chi connectivity index (χ1v) is 8.00. The standard InChI is InChI=1S/C18H29NO/c1-5-11-19-17(18(20-4)13(2)3)16-12-15(16)14-9-7-6-8-10-14/h6-10,13,15-19H,5,11-12H2,1-4H3. The molecule has 0 radical (unpaired) electrons. The van der Waals surface area contributed by atoms with Gasteiger partial charge >= 0.3 is 0 Å². The van der Waals surface area contributed by atoms with E-state index < -0.39 is 0 Å². The summed E-state index contributed by atoms with van der Waals surface area (Å²) in [7, 11) is 1.85. The Morgan fingerprint density at radius 3 is 2.50 bits per heavy atom. The number of hydrogen-bond acceptors (Lipinski definition) is 2. The molecule has 0 amide bonds.